The number of nitrogens with zero attached hydrogens (tertiary/aromatic N) is 1. The van der Waals surface area contributed by atoms with E-state index in [9.17, 15) is 0 Å². The van der Waals surface area contributed by atoms with Crippen molar-refractivity contribution >= 4 is 5.71 Å². The first-order valence-corrected chi connectivity index (χ1v) is 3.14. The molecule has 0 amide bonds. The number of allylic oxidation sites excluding steroid dienone is 5. The van der Waals surface area contributed by atoms with Crippen LogP contribution in [0.25, 0.3) is 0 Å². The third kappa shape index (κ3) is 0.266. The first-order chi connectivity index (χ1) is 4.45. The van der Waals surface area contributed by atoms with Gasteiger partial charge in [0, 0.05) is 18.2 Å². The van der Waals surface area contributed by atoms with E-state index >= 15 is 0 Å². The molecule has 1 fully saturated rings. The van der Waals surface area contributed by atoms with Crippen molar-refractivity contribution in [2.75, 3.05) is 0 Å². The summed E-state index contributed by atoms with van der Waals surface area (Å²) in [5, 5.41) is 0. The summed E-state index contributed by atoms with van der Waals surface area (Å²) in [7, 11) is 0. The Labute approximate surface area is 53.1 Å². The summed E-state index contributed by atoms with van der Waals surface area (Å²) in [6.07, 6.45) is 7.40. The molecule has 0 spiro atoms. The lowest BCUT2D eigenvalue weighted by molar-refractivity contribution is 1.36. The average molecular weight is 115 g/mol. The topological polar surface area (TPSA) is 12.4 Å². The summed E-state index contributed by atoms with van der Waals surface area (Å²) >= 11 is 0. The van der Waals surface area contributed by atoms with Crippen LogP contribution in [0.15, 0.2) is 40.1 Å². The van der Waals surface area contributed by atoms with Crippen molar-refractivity contribution in [3.8, 4) is 0 Å². The Morgan fingerprint density at radius 2 is 2.11 bits per heavy atom. The van der Waals surface area contributed by atoms with E-state index in [2.05, 4.69) is 17.1 Å². The molecule has 1 saturated carbocycles. The molecule has 2 bridgehead atoms. The molecule has 0 aromatic heterocycles. The van der Waals surface area contributed by atoms with Crippen LogP contribution in [0, 0.1) is 0 Å². The van der Waals surface area contributed by atoms with E-state index in [4.69, 9.17) is 0 Å². The molecule has 3 rings (SSSR count). The van der Waals surface area contributed by atoms with Crippen LogP contribution < -0.4 is 0 Å². The Balaban J connectivity index is 2.35. The molecule has 2 aliphatic carbocycles. The van der Waals surface area contributed by atoms with Crippen LogP contribution in [-0.4, -0.2) is 5.71 Å². The van der Waals surface area contributed by atoms with Crippen molar-refractivity contribution in [3.05, 3.63) is 35.1 Å². The fourth-order valence-corrected chi connectivity index (χ4v) is 1.54. The largest absolute Gasteiger partial charge is 0.260 e. The van der Waals surface area contributed by atoms with Crippen LogP contribution in [0.5, 0.6) is 0 Å². The molecule has 1 aliphatic heterocycles. The second-order valence-electron chi connectivity index (χ2n) is 2.57. The van der Waals surface area contributed by atoms with E-state index in [1.54, 1.807) is 0 Å². The molecule has 0 saturated heterocycles. The predicted octanol–water partition coefficient (Wildman–Crippen LogP) is 1.60. The van der Waals surface area contributed by atoms with Gasteiger partial charge in [0.2, 0.25) is 0 Å². The van der Waals surface area contributed by atoms with Crippen LogP contribution in [0.1, 0.15) is 6.42 Å². The van der Waals surface area contributed by atoms with Gasteiger partial charge in [0.15, 0.2) is 0 Å². The highest BCUT2D eigenvalue weighted by molar-refractivity contribution is 6.15. The standard InChI is InChI=1S/C8H5N/c1-2-7-6(1)5-3-8(7)9-4-5/h1-2,4H,3H2. The lowest BCUT2D eigenvalue weighted by atomic mass is 9.97. The summed E-state index contributed by atoms with van der Waals surface area (Å²) in [6.45, 7) is 0. The van der Waals surface area contributed by atoms with Gasteiger partial charge < -0.3 is 0 Å². The summed E-state index contributed by atoms with van der Waals surface area (Å²) in [4.78, 5) is 4.23. The van der Waals surface area contributed by atoms with Gasteiger partial charge in [-0.3, -0.25) is 4.99 Å². The molecule has 0 aromatic rings. The number of aliphatic imine (C=N–C) groups is 1. The lowest BCUT2D eigenvalue weighted by Crippen LogP contribution is -1.99. The minimum Gasteiger partial charge on any atom is -0.260 e. The minimum absolute atomic E-state index is 1.09. The number of hydrogen-bond donors (Lipinski definition) is 0. The van der Waals surface area contributed by atoms with Crippen LogP contribution in [0.2, 0.25) is 0 Å². The zero-order valence-electron chi connectivity index (χ0n) is 4.89. The molecule has 0 radical (unpaired) electrons. The molecule has 0 unspecified atom stereocenters. The van der Waals surface area contributed by atoms with Crippen LogP contribution in [-0.2, 0) is 0 Å². The predicted molar refractivity (Wildman–Crippen MR) is 36.3 cm³/mol. The Kier molecular flexibility index (Phi) is 0.403. The molecular formula is C8H5N. The lowest BCUT2D eigenvalue weighted by Gasteiger charge is -2.10. The highest BCUT2D eigenvalue weighted by Crippen LogP contribution is 2.42. The van der Waals surface area contributed by atoms with Crippen molar-refractivity contribution in [2.24, 2.45) is 4.99 Å². The summed E-state index contributed by atoms with van der Waals surface area (Å²) < 4.78 is 0. The molecule has 42 valence electrons. The van der Waals surface area contributed by atoms with E-state index in [0.717, 1.165) is 6.42 Å². The maximum Gasteiger partial charge on any atom is 0.0526 e. The molecular weight excluding hydrogens is 110 g/mol. The maximum atomic E-state index is 4.23. The molecule has 0 atom stereocenters. The van der Waals surface area contributed by atoms with Gasteiger partial charge in [0.05, 0.1) is 5.71 Å². The molecule has 1 nitrogen and oxygen atoms in total. The van der Waals surface area contributed by atoms with Gasteiger partial charge in [-0.15, -0.1) is 0 Å². The number of rotatable bonds is 0. The van der Waals surface area contributed by atoms with Crippen LogP contribution >= 0.6 is 0 Å². The van der Waals surface area contributed by atoms with Crippen molar-refractivity contribution in [1.29, 1.82) is 0 Å². The van der Waals surface area contributed by atoms with Crippen molar-refractivity contribution in [2.45, 2.75) is 6.42 Å². The summed E-state index contributed by atoms with van der Waals surface area (Å²) in [5.41, 5.74) is 5.54. The summed E-state index contributed by atoms with van der Waals surface area (Å²) in [6, 6.07) is 0. The maximum absolute atomic E-state index is 4.23. The first-order valence-electron chi connectivity index (χ1n) is 3.14. The monoisotopic (exact) mass is 115 g/mol. The fraction of sp³-hybridized carbons (Fsp3) is 0.125. The molecule has 3 aliphatic rings. The molecule has 0 aromatic carbocycles. The average Bonchev–Trinajstić information content (AvgIpc) is 2.18. The Morgan fingerprint density at radius 1 is 1.22 bits per heavy atom. The van der Waals surface area contributed by atoms with Gasteiger partial charge in [0.25, 0.3) is 0 Å². The third-order valence-corrected chi connectivity index (χ3v) is 2.10. The Morgan fingerprint density at radius 3 is 2.56 bits per heavy atom. The quantitative estimate of drug-likeness (QED) is 0.454. The molecule has 1 heteroatoms. The molecule has 9 heavy (non-hydrogen) atoms. The van der Waals surface area contributed by atoms with Gasteiger partial charge >= 0.3 is 0 Å². The van der Waals surface area contributed by atoms with Crippen molar-refractivity contribution in [3.63, 3.8) is 0 Å². The second kappa shape index (κ2) is 0.947. The van der Waals surface area contributed by atoms with E-state index < -0.39 is 0 Å². The van der Waals surface area contributed by atoms with Crippen molar-refractivity contribution in [1.82, 2.24) is 0 Å². The van der Waals surface area contributed by atoms with Gasteiger partial charge in [-0.1, -0.05) is 12.2 Å². The highest BCUT2D eigenvalue weighted by atomic mass is 14.8. The van der Waals surface area contributed by atoms with Crippen LogP contribution in [0.4, 0.5) is 0 Å². The smallest absolute Gasteiger partial charge is 0.0526 e. The first kappa shape index (κ1) is 3.83. The zero-order valence-corrected chi connectivity index (χ0v) is 4.89. The summed E-state index contributed by atoms with van der Waals surface area (Å²) in [5.74, 6) is 0. The van der Waals surface area contributed by atoms with E-state index in [1.165, 1.54) is 22.4 Å². The van der Waals surface area contributed by atoms with E-state index in [-0.39, 0.29) is 0 Å². The van der Waals surface area contributed by atoms with Gasteiger partial charge in [-0.05, 0) is 11.1 Å². The van der Waals surface area contributed by atoms with Gasteiger partial charge in [-0.2, -0.15) is 0 Å². The van der Waals surface area contributed by atoms with Crippen molar-refractivity contribution < 1.29 is 0 Å². The molecule has 1 heterocycles. The number of hydrogen-bond acceptors (Lipinski definition) is 1. The van der Waals surface area contributed by atoms with Crippen LogP contribution in [0.3, 0.4) is 0 Å². The van der Waals surface area contributed by atoms with E-state index in [1.807, 2.05) is 6.20 Å². The second-order valence-corrected chi connectivity index (χ2v) is 2.57. The zero-order chi connectivity index (χ0) is 5.84. The van der Waals surface area contributed by atoms with Gasteiger partial charge in [-0.25, -0.2) is 0 Å². The van der Waals surface area contributed by atoms with E-state index in [0.29, 0.717) is 0 Å². The Bertz CT molecular complexity index is 273. The number of fused-ring (bicyclic) bond motifs is 5. The fourth-order valence-electron chi connectivity index (χ4n) is 1.54. The highest BCUT2D eigenvalue weighted by Gasteiger charge is 2.31. The third-order valence-electron chi connectivity index (χ3n) is 2.10. The normalized spacial score (nSPS) is 25.8. The SMILES string of the molecule is C1=C2CC(=N1)C1=CC=C21. The van der Waals surface area contributed by atoms with Gasteiger partial charge in [0.1, 0.15) is 0 Å². The molecule has 0 N–H and O–H groups in total. The Hall–Kier alpha value is -1.11. The minimum atomic E-state index is 1.09.